The van der Waals surface area contributed by atoms with E-state index in [4.69, 9.17) is 104 Å². The number of hydrogen-bond donors (Lipinski definition) is 0. The molecule has 8 heterocycles. The molecule has 0 saturated carbocycles. The summed E-state index contributed by atoms with van der Waals surface area (Å²) in [6.45, 7) is 6.68. The highest BCUT2D eigenvalue weighted by molar-refractivity contribution is 5.93. The van der Waals surface area contributed by atoms with Gasteiger partial charge in [0.2, 0.25) is 0 Å². The summed E-state index contributed by atoms with van der Waals surface area (Å²) >= 11 is 0. The molecule has 28 heteroatoms. The van der Waals surface area contributed by atoms with Crippen LogP contribution in [0.1, 0.15) is 85.9 Å². The van der Waals surface area contributed by atoms with Crippen molar-refractivity contribution >= 4 is 35.8 Å². The summed E-state index contributed by atoms with van der Waals surface area (Å²) in [6, 6.07) is 5.69. The predicted molar refractivity (Wildman–Crippen MR) is 304 cm³/mol. The number of esters is 6. The summed E-state index contributed by atoms with van der Waals surface area (Å²) in [5, 5.41) is 0. The number of ether oxygens (including phenoxy) is 22. The molecule has 8 saturated heterocycles. The highest BCUT2D eigenvalue weighted by atomic mass is 16.7. The molecule has 0 bridgehead atoms. The van der Waals surface area contributed by atoms with Gasteiger partial charge in [0, 0.05) is 54.1 Å². The molecule has 8 aliphatic heterocycles. The lowest BCUT2D eigenvalue weighted by Crippen LogP contribution is -2.34. The van der Waals surface area contributed by atoms with Gasteiger partial charge in [-0.1, -0.05) is 0 Å². The van der Waals surface area contributed by atoms with Crippen LogP contribution in [0.25, 0.3) is 0 Å². The van der Waals surface area contributed by atoms with Gasteiger partial charge >= 0.3 is 35.8 Å². The smallest absolute Gasteiger partial charge is 0.338 e. The fraction of sp³-hybridized carbons (Fsp3) is 0.806. The van der Waals surface area contributed by atoms with Crippen LogP contribution in [0, 0.1) is 11.8 Å². The van der Waals surface area contributed by atoms with E-state index < -0.39 is 59.9 Å². The van der Waals surface area contributed by atoms with Crippen molar-refractivity contribution in [2.45, 2.75) is 175 Å². The Labute approximate surface area is 523 Å². The van der Waals surface area contributed by atoms with Gasteiger partial charge < -0.3 is 104 Å². The fourth-order valence-corrected chi connectivity index (χ4v) is 12.7. The largest absolute Gasteiger partial charge is 0.463 e. The first-order chi connectivity index (χ1) is 43.7. The van der Waals surface area contributed by atoms with Crippen LogP contribution in [0.2, 0.25) is 0 Å². The number of benzene rings is 1. The third-order valence-electron chi connectivity index (χ3n) is 17.9. The maximum absolute atomic E-state index is 13.7. The molecule has 0 N–H and O–H groups in total. The van der Waals surface area contributed by atoms with Crippen LogP contribution in [-0.2, 0) is 123 Å². The molecule has 18 atom stereocenters. The van der Waals surface area contributed by atoms with E-state index in [1.807, 2.05) is 0 Å². The van der Waals surface area contributed by atoms with Gasteiger partial charge in [-0.3, -0.25) is 19.2 Å². The number of carbonyl (C=O) groups is 6. The van der Waals surface area contributed by atoms with Gasteiger partial charge in [0.25, 0.3) is 0 Å². The number of methoxy groups -OCH3 is 4. The average Bonchev–Trinajstić information content (AvgIpc) is 2.99. The first kappa shape index (κ1) is 69.7. The molecular weight excluding hydrogens is 1190 g/mol. The van der Waals surface area contributed by atoms with E-state index in [2.05, 4.69) is 0 Å². The van der Waals surface area contributed by atoms with Gasteiger partial charge in [-0.15, -0.1) is 0 Å². The van der Waals surface area contributed by atoms with Gasteiger partial charge in [0.15, 0.2) is 0 Å². The molecule has 0 aliphatic carbocycles. The number of hydrogen-bond acceptors (Lipinski definition) is 28. The second kappa shape index (κ2) is 35.1. The molecule has 0 spiro atoms. The highest BCUT2D eigenvalue weighted by Crippen LogP contribution is 2.34. The molecular formula is C62H90O28. The maximum Gasteiger partial charge on any atom is 0.338 e. The zero-order valence-electron chi connectivity index (χ0n) is 52.3. The van der Waals surface area contributed by atoms with Crippen molar-refractivity contribution in [2.75, 3.05) is 134 Å². The monoisotopic (exact) mass is 1280 g/mol. The zero-order valence-corrected chi connectivity index (χ0v) is 52.3. The third kappa shape index (κ3) is 18.8. The number of carbonyl (C=O) groups excluding carboxylic acids is 6. The van der Waals surface area contributed by atoms with Crippen molar-refractivity contribution in [1.29, 1.82) is 0 Å². The van der Waals surface area contributed by atoms with E-state index in [9.17, 15) is 28.8 Å². The SMILES string of the molecule is CO[C@H]1CO[C@H]2[C@@H]1OC[C@H]2OCCOC(=O)CCC(CCC(=O)OCCO[C@@H]1CO[C@H]2[C@@H]1OC[C@@H]2OC)C(C)OC(=O)c1ccc(C(=O)OC(C)C(CCC(=O)OCCO[C@@H]2CO[C@H]3[C@@H]2OC[C@@H]3OC)CCC(=O)OCCO[C@@H]2CO[C@H]3[C@@H]2OC[C@@H]3OC)cc1. The van der Waals surface area contributed by atoms with Gasteiger partial charge in [0.05, 0.1) is 90.4 Å². The van der Waals surface area contributed by atoms with Crippen molar-refractivity contribution in [2.24, 2.45) is 11.8 Å². The van der Waals surface area contributed by atoms with Crippen molar-refractivity contribution < 1.29 is 133 Å². The highest BCUT2D eigenvalue weighted by Gasteiger charge is 2.52. The van der Waals surface area contributed by atoms with Gasteiger partial charge in [-0.25, -0.2) is 9.59 Å². The molecule has 0 aromatic heterocycles. The second-order valence-corrected chi connectivity index (χ2v) is 23.5. The number of rotatable bonds is 38. The van der Waals surface area contributed by atoms with Crippen molar-refractivity contribution in [3.63, 3.8) is 0 Å². The standard InChI is InChI=1S/C62H90O28/c1-35(37(11-15-49(63)77-23-19-73-45-31-85-53-41(69-3)27-81-57(45)53)12-16-50(64)78-24-20-74-46-32-86-54-42(70-4)28-82-58(46)54)89-61(67)39-7-9-40(10-8-39)62(68)90-36(2)38(13-17-51(65)79-25-21-75-47-33-87-55-43(71-5)29-83-59(47)55)14-18-52(66)80-26-22-76-48-34-88-56-44(72-6)30-84-60(48)56/h7-10,35-38,41-48,53-60H,11-34H2,1-6H3/t35?,36?,41-,42-,43-,44-,45+,46+,47+,48+,53+,54+,55+,56+,57+,58+,59+,60+/m0/s1. The molecule has 1 aromatic carbocycles. The molecule has 9 rings (SSSR count). The topological polar surface area (TPSA) is 305 Å². The van der Waals surface area contributed by atoms with Crippen LogP contribution in [0.3, 0.4) is 0 Å². The minimum absolute atomic E-state index is 0.0145. The molecule has 2 unspecified atom stereocenters. The second-order valence-electron chi connectivity index (χ2n) is 23.5. The van der Waals surface area contributed by atoms with Crippen LogP contribution in [0.5, 0.6) is 0 Å². The lowest BCUT2D eigenvalue weighted by molar-refractivity contribution is -0.149. The van der Waals surface area contributed by atoms with Gasteiger partial charge in [0.1, 0.15) is 136 Å². The Morgan fingerprint density at radius 1 is 0.344 bits per heavy atom. The molecule has 8 fully saturated rings. The van der Waals surface area contributed by atoms with Crippen LogP contribution >= 0.6 is 0 Å². The summed E-state index contributed by atoms with van der Waals surface area (Å²) < 4.78 is 126. The molecule has 0 amide bonds. The Kier molecular flexibility index (Phi) is 27.2. The summed E-state index contributed by atoms with van der Waals surface area (Å²) in [4.78, 5) is 79.7. The van der Waals surface area contributed by atoms with E-state index in [0.717, 1.165) is 0 Å². The van der Waals surface area contributed by atoms with Crippen LogP contribution < -0.4 is 0 Å². The molecule has 90 heavy (non-hydrogen) atoms. The minimum Gasteiger partial charge on any atom is -0.463 e. The molecule has 1 aromatic rings. The first-order valence-electron chi connectivity index (χ1n) is 31.4. The van der Waals surface area contributed by atoms with Gasteiger partial charge in [-0.2, -0.15) is 0 Å². The summed E-state index contributed by atoms with van der Waals surface area (Å²) in [5.41, 5.74) is 0.239. The van der Waals surface area contributed by atoms with E-state index >= 15 is 0 Å². The lowest BCUT2D eigenvalue weighted by atomic mass is 9.92. The van der Waals surface area contributed by atoms with E-state index in [1.165, 1.54) is 24.3 Å². The predicted octanol–water partition coefficient (Wildman–Crippen LogP) is 2.09. The van der Waals surface area contributed by atoms with Gasteiger partial charge in [-0.05, 0) is 75.6 Å². The zero-order chi connectivity index (χ0) is 63.5. The Hall–Kier alpha value is -4.60. The molecule has 0 radical (unpaired) electrons. The van der Waals surface area contributed by atoms with Crippen LogP contribution in [0.4, 0.5) is 0 Å². The fourth-order valence-electron chi connectivity index (χ4n) is 12.7. The number of fused-ring (bicyclic) bond motifs is 4. The van der Waals surface area contributed by atoms with E-state index in [1.54, 1.807) is 42.3 Å². The Bertz CT molecular complexity index is 2150. The molecule has 8 aliphatic rings. The van der Waals surface area contributed by atoms with Crippen molar-refractivity contribution in [1.82, 2.24) is 0 Å². The lowest BCUT2D eigenvalue weighted by Gasteiger charge is -2.24. The van der Waals surface area contributed by atoms with Crippen molar-refractivity contribution in [3.05, 3.63) is 35.4 Å². The van der Waals surface area contributed by atoms with Crippen molar-refractivity contribution in [3.8, 4) is 0 Å². The Morgan fingerprint density at radius 3 is 0.778 bits per heavy atom. The quantitative estimate of drug-likeness (QED) is 0.0520. The average molecular weight is 1280 g/mol. The molecule has 506 valence electrons. The maximum atomic E-state index is 13.7. The summed E-state index contributed by atoms with van der Waals surface area (Å²) in [6.07, 6.45) is -4.99. The first-order valence-corrected chi connectivity index (χ1v) is 31.4. The normalized spacial score (nSPS) is 31.6. The third-order valence-corrected chi connectivity index (χ3v) is 17.9. The summed E-state index contributed by atoms with van der Waals surface area (Å²) in [5.74, 6) is -4.44. The van der Waals surface area contributed by atoms with Crippen LogP contribution in [0.15, 0.2) is 24.3 Å². The van der Waals surface area contributed by atoms with E-state index in [-0.39, 0.29) is 213 Å². The van der Waals surface area contributed by atoms with Crippen LogP contribution in [-0.4, -0.2) is 280 Å². The Morgan fingerprint density at radius 2 is 0.556 bits per heavy atom. The molecule has 28 nitrogen and oxygen atoms in total. The van der Waals surface area contributed by atoms with E-state index in [0.29, 0.717) is 52.9 Å². The Balaban J connectivity index is 0.736. The summed E-state index contributed by atoms with van der Waals surface area (Å²) in [7, 11) is 6.41. The minimum atomic E-state index is -0.795.